The maximum absolute atomic E-state index is 13.1. The van der Waals surface area contributed by atoms with E-state index in [9.17, 15) is 4.79 Å². The number of rotatable bonds is 3. The Bertz CT molecular complexity index is 672. The summed E-state index contributed by atoms with van der Waals surface area (Å²) in [6.07, 6.45) is 12.4. The van der Waals surface area contributed by atoms with Crippen molar-refractivity contribution in [3.05, 3.63) is 24.5 Å². The van der Waals surface area contributed by atoms with Crippen LogP contribution < -0.4 is 4.90 Å². The third-order valence-corrected chi connectivity index (χ3v) is 8.23. The van der Waals surface area contributed by atoms with Crippen LogP contribution in [0.15, 0.2) is 24.5 Å². The molecule has 1 aromatic heterocycles. The first kappa shape index (κ1) is 17.0. The summed E-state index contributed by atoms with van der Waals surface area (Å²) >= 11 is 4.08. The van der Waals surface area contributed by atoms with Crippen LogP contribution in [-0.2, 0) is 4.79 Å². The van der Waals surface area contributed by atoms with E-state index in [1.807, 2.05) is 12.4 Å². The van der Waals surface area contributed by atoms with Gasteiger partial charge >= 0.3 is 0 Å². The molecule has 0 spiro atoms. The highest BCUT2D eigenvalue weighted by molar-refractivity contribution is 9.10. The Morgan fingerprint density at radius 3 is 2.35 bits per heavy atom. The summed E-state index contributed by atoms with van der Waals surface area (Å²) in [7, 11) is 0. The summed E-state index contributed by atoms with van der Waals surface area (Å²) in [4.78, 5) is 21.7. The van der Waals surface area contributed by atoms with Crippen molar-refractivity contribution in [2.45, 2.75) is 49.3 Å². The number of nitrogens with zero attached hydrogens (tertiary/aromatic N) is 3. The average molecular weight is 418 g/mol. The van der Waals surface area contributed by atoms with Gasteiger partial charge in [-0.25, -0.2) is 0 Å². The molecule has 0 radical (unpaired) electrons. The summed E-state index contributed by atoms with van der Waals surface area (Å²) in [5.41, 5.74) is 1.50. The normalized spacial score (nSPS) is 38.7. The molecule has 2 heterocycles. The molecule has 4 aliphatic carbocycles. The number of hydrogen-bond donors (Lipinski definition) is 0. The predicted molar refractivity (Wildman–Crippen MR) is 106 cm³/mol. The second-order valence-corrected chi connectivity index (χ2v) is 11.0. The van der Waals surface area contributed by atoms with Gasteiger partial charge in [-0.3, -0.25) is 9.78 Å². The molecule has 5 fully saturated rings. The van der Waals surface area contributed by atoms with Crippen LogP contribution in [0.3, 0.4) is 0 Å². The first-order valence-corrected chi connectivity index (χ1v) is 10.9. The molecule has 1 amide bonds. The highest BCUT2D eigenvalue weighted by Gasteiger charge is 2.57. The number of halogens is 1. The fourth-order valence-corrected chi connectivity index (χ4v) is 8.25. The van der Waals surface area contributed by atoms with Crippen molar-refractivity contribution >= 4 is 27.5 Å². The lowest BCUT2D eigenvalue weighted by Crippen LogP contribution is -2.55. The molecule has 0 N–H and O–H groups in total. The molecule has 2 atom stereocenters. The van der Waals surface area contributed by atoms with Crippen LogP contribution in [0.1, 0.15) is 44.9 Å². The van der Waals surface area contributed by atoms with Crippen molar-refractivity contribution in [3.63, 3.8) is 0 Å². The van der Waals surface area contributed by atoms with Crippen LogP contribution >= 0.6 is 15.9 Å². The SMILES string of the molecule is O=C(CC12CC3CC(CC(Br)(C3)C1)C2)N1CCN(c2ccncc2)CC1. The van der Waals surface area contributed by atoms with E-state index >= 15 is 0 Å². The van der Waals surface area contributed by atoms with Gasteiger partial charge in [-0.2, -0.15) is 0 Å². The summed E-state index contributed by atoms with van der Waals surface area (Å²) in [6, 6.07) is 4.12. The van der Waals surface area contributed by atoms with Gasteiger partial charge < -0.3 is 9.80 Å². The van der Waals surface area contributed by atoms with Gasteiger partial charge in [0.05, 0.1) is 0 Å². The van der Waals surface area contributed by atoms with E-state index in [1.165, 1.54) is 44.2 Å². The lowest BCUT2D eigenvalue weighted by atomic mass is 9.48. The molecule has 4 bridgehead atoms. The van der Waals surface area contributed by atoms with Crippen molar-refractivity contribution in [1.82, 2.24) is 9.88 Å². The minimum absolute atomic E-state index is 0.285. The van der Waals surface area contributed by atoms with Crippen molar-refractivity contribution in [2.75, 3.05) is 31.1 Å². The Balaban J connectivity index is 1.22. The van der Waals surface area contributed by atoms with Gasteiger partial charge in [0.2, 0.25) is 5.91 Å². The quantitative estimate of drug-likeness (QED) is 0.700. The Morgan fingerprint density at radius 1 is 1.08 bits per heavy atom. The number of carbonyl (C=O) groups is 1. The maximum Gasteiger partial charge on any atom is 0.223 e. The number of hydrogen-bond acceptors (Lipinski definition) is 3. The lowest BCUT2D eigenvalue weighted by Gasteiger charge is -2.60. The van der Waals surface area contributed by atoms with Crippen LogP contribution in [0.2, 0.25) is 0 Å². The molecule has 1 aliphatic heterocycles. The Labute approximate surface area is 164 Å². The number of carbonyl (C=O) groups excluding carboxylic acids is 1. The van der Waals surface area contributed by atoms with Gasteiger partial charge in [-0.15, -0.1) is 0 Å². The summed E-state index contributed by atoms with van der Waals surface area (Å²) < 4.78 is 0.345. The first-order chi connectivity index (χ1) is 12.5. The summed E-state index contributed by atoms with van der Waals surface area (Å²) in [6.45, 7) is 3.56. The van der Waals surface area contributed by atoms with Gasteiger partial charge in [0, 0.05) is 55.0 Å². The molecule has 1 saturated heterocycles. The number of anilines is 1. The van der Waals surface area contributed by atoms with Crippen molar-refractivity contribution < 1.29 is 4.79 Å². The smallest absolute Gasteiger partial charge is 0.223 e. The number of amides is 1. The van der Waals surface area contributed by atoms with Crippen molar-refractivity contribution in [3.8, 4) is 0 Å². The van der Waals surface area contributed by atoms with E-state index in [4.69, 9.17) is 0 Å². The van der Waals surface area contributed by atoms with E-state index in [1.54, 1.807) is 0 Å². The number of piperazine rings is 1. The topological polar surface area (TPSA) is 36.4 Å². The molecular formula is C21H28BrN3O. The fourth-order valence-electron chi connectivity index (χ4n) is 6.74. The fraction of sp³-hybridized carbons (Fsp3) is 0.714. The van der Waals surface area contributed by atoms with Crippen LogP contribution in [-0.4, -0.2) is 46.3 Å². The molecular weight excluding hydrogens is 390 g/mol. The largest absolute Gasteiger partial charge is 0.368 e. The van der Waals surface area contributed by atoms with Gasteiger partial charge in [-0.05, 0) is 67.9 Å². The van der Waals surface area contributed by atoms with Gasteiger partial charge in [0.25, 0.3) is 0 Å². The van der Waals surface area contributed by atoms with Crippen molar-refractivity contribution in [2.24, 2.45) is 17.3 Å². The van der Waals surface area contributed by atoms with E-state index in [-0.39, 0.29) is 5.41 Å². The monoisotopic (exact) mass is 417 g/mol. The molecule has 26 heavy (non-hydrogen) atoms. The Kier molecular flexibility index (Phi) is 4.07. The third kappa shape index (κ3) is 3.06. The molecule has 6 rings (SSSR count). The zero-order valence-electron chi connectivity index (χ0n) is 15.4. The van der Waals surface area contributed by atoms with Gasteiger partial charge in [0.1, 0.15) is 0 Å². The van der Waals surface area contributed by atoms with Gasteiger partial charge in [0.15, 0.2) is 0 Å². The molecule has 140 valence electrons. The second kappa shape index (κ2) is 6.22. The highest BCUT2D eigenvalue weighted by atomic mass is 79.9. The minimum Gasteiger partial charge on any atom is -0.368 e. The van der Waals surface area contributed by atoms with Crippen molar-refractivity contribution in [1.29, 1.82) is 0 Å². The van der Waals surface area contributed by atoms with E-state index in [0.717, 1.165) is 44.4 Å². The maximum atomic E-state index is 13.1. The minimum atomic E-state index is 0.285. The van der Waals surface area contributed by atoms with E-state index < -0.39 is 0 Å². The summed E-state index contributed by atoms with van der Waals surface area (Å²) in [5, 5.41) is 0. The average Bonchev–Trinajstić information content (AvgIpc) is 2.60. The van der Waals surface area contributed by atoms with Gasteiger partial charge in [-0.1, -0.05) is 15.9 Å². The van der Waals surface area contributed by atoms with E-state index in [0.29, 0.717) is 10.2 Å². The molecule has 5 heteroatoms. The number of alkyl halides is 1. The molecule has 1 aromatic rings. The number of aromatic nitrogens is 1. The van der Waals surface area contributed by atoms with Crippen LogP contribution in [0.25, 0.3) is 0 Å². The Hall–Kier alpha value is -1.10. The zero-order chi connectivity index (χ0) is 17.8. The van der Waals surface area contributed by atoms with Crippen LogP contribution in [0.5, 0.6) is 0 Å². The molecule has 4 saturated carbocycles. The molecule has 5 aliphatic rings. The van der Waals surface area contributed by atoms with Crippen LogP contribution in [0, 0.1) is 17.3 Å². The van der Waals surface area contributed by atoms with Crippen LogP contribution in [0.4, 0.5) is 5.69 Å². The standard InChI is InChI=1S/C21H28BrN3O/c22-21-12-16-9-17(13-21)11-20(10-16,15-21)14-19(26)25-7-5-24(6-8-25)18-1-3-23-4-2-18/h1-4,16-17H,5-15H2. The lowest BCUT2D eigenvalue weighted by molar-refractivity contribution is -0.138. The summed E-state index contributed by atoms with van der Waals surface area (Å²) in [5.74, 6) is 2.11. The Morgan fingerprint density at radius 2 is 1.73 bits per heavy atom. The molecule has 4 nitrogen and oxygen atoms in total. The van der Waals surface area contributed by atoms with E-state index in [2.05, 4.69) is 42.8 Å². The molecule has 0 aromatic carbocycles. The number of pyridine rings is 1. The third-order valence-electron chi connectivity index (χ3n) is 7.30. The first-order valence-electron chi connectivity index (χ1n) is 10.1. The zero-order valence-corrected chi connectivity index (χ0v) is 17.0. The highest BCUT2D eigenvalue weighted by Crippen LogP contribution is 2.65. The molecule has 2 unspecified atom stereocenters. The second-order valence-electron chi connectivity index (χ2n) is 9.36. The predicted octanol–water partition coefficient (Wildman–Crippen LogP) is 3.85.